The standard InChI is InChI=1S/C11H18BrN3O2S2.2ClH/c12-10-2-9-18-11(10)19(16,17)14-3-1-6-15-7-4-13-5-8-15;;/h2,9,13-14H,1,3-8H2;2*1H. The largest absolute Gasteiger partial charge is 0.314 e. The van der Waals surface area contributed by atoms with E-state index in [1.807, 2.05) is 0 Å². The lowest BCUT2D eigenvalue weighted by molar-refractivity contribution is 0.239. The number of piperazine rings is 1. The van der Waals surface area contributed by atoms with Crippen molar-refractivity contribution in [3.05, 3.63) is 15.9 Å². The number of hydrogen-bond donors (Lipinski definition) is 2. The van der Waals surface area contributed by atoms with E-state index in [1.54, 1.807) is 11.4 Å². The second-order valence-electron chi connectivity index (χ2n) is 4.40. The van der Waals surface area contributed by atoms with Crippen LogP contribution in [0.2, 0.25) is 0 Å². The molecule has 0 spiro atoms. The molecule has 0 amide bonds. The number of sulfonamides is 1. The predicted molar refractivity (Wildman–Crippen MR) is 95.6 cm³/mol. The maximum atomic E-state index is 12.0. The minimum atomic E-state index is -3.36. The Bertz CT molecular complexity index is 507. The molecule has 0 radical (unpaired) electrons. The third-order valence-corrected chi connectivity index (χ3v) is 7.11. The van der Waals surface area contributed by atoms with Crippen molar-refractivity contribution in [3.8, 4) is 0 Å². The van der Waals surface area contributed by atoms with Crippen LogP contribution in [0.5, 0.6) is 0 Å². The van der Waals surface area contributed by atoms with Gasteiger partial charge in [-0.1, -0.05) is 0 Å². The smallest absolute Gasteiger partial charge is 0.251 e. The number of halogens is 3. The molecule has 0 aromatic carbocycles. The van der Waals surface area contributed by atoms with Gasteiger partial charge in [-0.15, -0.1) is 36.2 Å². The summed E-state index contributed by atoms with van der Waals surface area (Å²) in [6.45, 7) is 5.56. The van der Waals surface area contributed by atoms with Crippen molar-refractivity contribution in [1.29, 1.82) is 0 Å². The highest BCUT2D eigenvalue weighted by Crippen LogP contribution is 2.27. The number of hydrogen-bond acceptors (Lipinski definition) is 5. The lowest BCUT2D eigenvalue weighted by atomic mass is 10.3. The van der Waals surface area contributed by atoms with Gasteiger partial charge in [0.1, 0.15) is 4.21 Å². The monoisotopic (exact) mass is 439 g/mol. The third-order valence-electron chi connectivity index (χ3n) is 2.98. The molecule has 0 saturated carbocycles. The Morgan fingerprint density at radius 1 is 1.33 bits per heavy atom. The van der Waals surface area contributed by atoms with Crippen LogP contribution in [0, 0.1) is 0 Å². The summed E-state index contributed by atoms with van der Waals surface area (Å²) in [7, 11) is -3.36. The Kier molecular flexibility index (Phi) is 10.7. The Morgan fingerprint density at radius 3 is 2.57 bits per heavy atom. The summed E-state index contributed by atoms with van der Waals surface area (Å²) in [5, 5.41) is 5.06. The molecule has 1 aliphatic heterocycles. The maximum Gasteiger partial charge on any atom is 0.251 e. The molecule has 5 nitrogen and oxygen atoms in total. The van der Waals surface area contributed by atoms with Crippen LogP contribution < -0.4 is 10.0 Å². The molecule has 2 heterocycles. The van der Waals surface area contributed by atoms with Crippen LogP contribution in [-0.2, 0) is 10.0 Å². The fourth-order valence-electron chi connectivity index (χ4n) is 1.98. The highest BCUT2D eigenvalue weighted by molar-refractivity contribution is 9.10. The quantitative estimate of drug-likeness (QED) is 0.663. The molecule has 2 N–H and O–H groups in total. The number of nitrogens with one attached hydrogen (secondary N) is 2. The Balaban J connectivity index is 0.00000200. The van der Waals surface area contributed by atoms with Gasteiger partial charge < -0.3 is 10.2 Å². The molecule has 1 fully saturated rings. The second-order valence-corrected chi connectivity index (χ2v) is 8.13. The lowest BCUT2D eigenvalue weighted by Crippen LogP contribution is -2.44. The van der Waals surface area contributed by atoms with E-state index in [4.69, 9.17) is 0 Å². The zero-order chi connectivity index (χ0) is 13.7. The zero-order valence-electron chi connectivity index (χ0n) is 11.4. The predicted octanol–water partition coefficient (Wildman–Crippen LogP) is 1.93. The normalized spacial score (nSPS) is 16.0. The Morgan fingerprint density at radius 2 is 2.00 bits per heavy atom. The van der Waals surface area contributed by atoms with Crippen LogP contribution in [0.3, 0.4) is 0 Å². The molecule has 0 aliphatic carbocycles. The van der Waals surface area contributed by atoms with E-state index >= 15 is 0 Å². The van der Waals surface area contributed by atoms with E-state index in [2.05, 4.69) is 30.9 Å². The van der Waals surface area contributed by atoms with Crippen molar-refractivity contribution in [2.24, 2.45) is 0 Å². The molecule has 0 unspecified atom stereocenters. The number of nitrogens with zero attached hydrogens (tertiary/aromatic N) is 1. The van der Waals surface area contributed by atoms with Gasteiger partial charge in [0.2, 0.25) is 0 Å². The highest BCUT2D eigenvalue weighted by Gasteiger charge is 2.18. The SMILES string of the molecule is Cl.Cl.O=S(=O)(NCCCN1CCNCC1)c1sccc1Br. The third kappa shape index (κ3) is 6.70. The van der Waals surface area contributed by atoms with Gasteiger partial charge in [-0.2, -0.15) is 0 Å². The zero-order valence-corrected chi connectivity index (χ0v) is 16.2. The Hall–Kier alpha value is 0.590. The van der Waals surface area contributed by atoms with Gasteiger partial charge in [0.05, 0.1) is 0 Å². The van der Waals surface area contributed by atoms with Gasteiger partial charge in [0.25, 0.3) is 10.0 Å². The summed E-state index contributed by atoms with van der Waals surface area (Å²) in [4.78, 5) is 2.35. The molecule has 0 atom stereocenters. The van der Waals surface area contributed by atoms with Crippen molar-refractivity contribution in [1.82, 2.24) is 14.9 Å². The summed E-state index contributed by atoms with van der Waals surface area (Å²) in [5.74, 6) is 0. The summed E-state index contributed by atoms with van der Waals surface area (Å²) in [6, 6.07) is 1.75. The molecule has 1 aliphatic rings. The van der Waals surface area contributed by atoms with E-state index in [0.29, 0.717) is 15.2 Å². The summed E-state index contributed by atoms with van der Waals surface area (Å²) < 4.78 is 27.7. The number of rotatable bonds is 6. The van der Waals surface area contributed by atoms with Crippen LogP contribution in [0.4, 0.5) is 0 Å². The molecule has 1 aromatic rings. The van der Waals surface area contributed by atoms with E-state index < -0.39 is 10.0 Å². The topological polar surface area (TPSA) is 61.4 Å². The van der Waals surface area contributed by atoms with Gasteiger partial charge >= 0.3 is 0 Å². The average molecular weight is 441 g/mol. The van der Waals surface area contributed by atoms with Gasteiger partial charge in [0.15, 0.2) is 0 Å². The first-order chi connectivity index (χ1) is 9.09. The molecule has 21 heavy (non-hydrogen) atoms. The van der Waals surface area contributed by atoms with E-state index in [-0.39, 0.29) is 24.8 Å². The van der Waals surface area contributed by atoms with E-state index in [1.165, 1.54) is 11.3 Å². The molecular weight excluding hydrogens is 421 g/mol. The minimum Gasteiger partial charge on any atom is -0.314 e. The maximum absolute atomic E-state index is 12.0. The molecule has 1 saturated heterocycles. The van der Waals surface area contributed by atoms with Crippen LogP contribution in [0.1, 0.15) is 6.42 Å². The molecule has 10 heteroatoms. The van der Waals surface area contributed by atoms with Crippen LogP contribution in [-0.4, -0.2) is 52.6 Å². The van der Waals surface area contributed by atoms with Gasteiger partial charge in [-0.25, -0.2) is 13.1 Å². The van der Waals surface area contributed by atoms with E-state index in [0.717, 1.165) is 39.1 Å². The fourth-order valence-corrected chi connectivity index (χ4v) is 5.44. The molecule has 0 bridgehead atoms. The summed E-state index contributed by atoms with van der Waals surface area (Å²) >= 11 is 4.48. The van der Waals surface area contributed by atoms with Crippen molar-refractivity contribution in [2.75, 3.05) is 39.3 Å². The first kappa shape index (κ1) is 21.6. The van der Waals surface area contributed by atoms with Crippen LogP contribution >= 0.6 is 52.1 Å². The Labute approximate surface area is 150 Å². The van der Waals surface area contributed by atoms with Gasteiger partial charge in [0, 0.05) is 37.2 Å². The summed E-state index contributed by atoms with van der Waals surface area (Å²) in [5.41, 5.74) is 0. The average Bonchev–Trinajstić information content (AvgIpc) is 2.83. The molecular formula is C11H20BrCl2N3O2S2. The van der Waals surface area contributed by atoms with Gasteiger partial charge in [-0.3, -0.25) is 0 Å². The molecule has 2 rings (SSSR count). The fraction of sp³-hybridized carbons (Fsp3) is 0.636. The van der Waals surface area contributed by atoms with Gasteiger partial charge in [-0.05, 0) is 40.3 Å². The first-order valence-electron chi connectivity index (χ1n) is 6.25. The van der Waals surface area contributed by atoms with Crippen molar-refractivity contribution in [2.45, 2.75) is 10.6 Å². The molecule has 124 valence electrons. The second kappa shape index (κ2) is 10.4. The molecule has 1 aromatic heterocycles. The number of thiophene rings is 1. The van der Waals surface area contributed by atoms with Crippen molar-refractivity contribution >= 4 is 62.1 Å². The van der Waals surface area contributed by atoms with Crippen molar-refractivity contribution in [3.63, 3.8) is 0 Å². The van der Waals surface area contributed by atoms with Crippen LogP contribution in [0.15, 0.2) is 20.1 Å². The van der Waals surface area contributed by atoms with E-state index in [9.17, 15) is 8.42 Å². The van der Waals surface area contributed by atoms with Crippen molar-refractivity contribution < 1.29 is 8.42 Å². The summed E-state index contributed by atoms with van der Waals surface area (Å²) in [6.07, 6.45) is 0.836. The lowest BCUT2D eigenvalue weighted by Gasteiger charge is -2.26. The highest BCUT2D eigenvalue weighted by atomic mass is 79.9. The first-order valence-corrected chi connectivity index (χ1v) is 9.41. The minimum absolute atomic E-state index is 0. The van der Waals surface area contributed by atoms with Crippen LogP contribution in [0.25, 0.3) is 0 Å².